The van der Waals surface area contributed by atoms with Crippen LogP contribution in [-0.4, -0.2) is 21.8 Å². The SMILES string of the molecule is CC(C)c1cc([N+](=O)[O-])ccc1OC(=O)c1ccc(C(=O)Oc2ccc([N+](=O)[O-])cc2C(C)C)cc1. The molecular formula is C26H24N2O8. The van der Waals surface area contributed by atoms with Gasteiger partial charge in [0.05, 0.1) is 21.0 Å². The Morgan fingerprint density at radius 1 is 0.639 bits per heavy atom. The normalized spacial score (nSPS) is 10.8. The first kappa shape index (κ1) is 26.0. The lowest BCUT2D eigenvalue weighted by molar-refractivity contribution is -0.385. The Morgan fingerprint density at radius 3 is 1.25 bits per heavy atom. The molecule has 3 aromatic carbocycles. The fourth-order valence-electron chi connectivity index (χ4n) is 3.45. The van der Waals surface area contributed by atoms with E-state index < -0.39 is 21.8 Å². The van der Waals surface area contributed by atoms with Gasteiger partial charge in [-0.15, -0.1) is 0 Å². The van der Waals surface area contributed by atoms with Gasteiger partial charge in [0.1, 0.15) is 11.5 Å². The van der Waals surface area contributed by atoms with E-state index >= 15 is 0 Å². The van der Waals surface area contributed by atoms with Crippen molar-refractivity contribution >= 4 is 23.3 Å². The first-order chi connectivity index (χ1) is 17.0. The summed E-state index contributed by atoms with van der Waals surface area (Å²) in [5.41, 5.74) is 1.16. The van der Waals surface area contributed by atoms with Gasteiger partial charge >= 0.3 is 11.9 Å². The molecule has 0 radical (unpaired) electrons. The minimum Gasteiger partial charge on any atom is -0.423 e. The first-order valence-electron chi connectivity index (χ1n) is 11.1. The van der Waals surface area contributed by atoms with Gasteiger partial charge in [-0.2, -0.15) is 0 Å². The fraction of sp³-hybridized carbons (Fsp3) is 0.231. The van der Waals surface area contributed by atoms with Gasteiger partial charge in [0.25, 0.3) is 11.4 Å². The van der Waals surface area contributed by atoms with E-state index in [1.165, 1.54) is 60.7 Å². The third-order valence-corrected chi connectivity index (χ3v) is 5.41. The van der Waals surface area contributed by atoms with Gasteiger partial charge < -0.3 is 9.47 Å². The van der Waals surface area contributed by atoms with E-state index in [9.17, 15) is 29.8 Å². The van der Waals surface area contributed by atoms with E-state index in [0.29, 0.717) is 11.1 Å². The van der Waals surface area contributed by atoms with Crippen LogP contribution in [0.4, 0.5) is 11.4 Å². The van der Waals surface area contributed by atoms with Crippen molar-refractivity contribution in [2.45, 2.75) is 39.5 Å². The van der Waals surface area contributed by atoms with Crippen LogP contribution in [0.15, 0.2) is 60.7 Å². The lowest BCUT2D eigenvalue weighted by Crippen LogP contribution is -2.13. The molecule has 0 bridgehead atoms. The van der Waals surface area contributed by atoms with E-state index in [1.807, 2.05) is 27.7 Å². The van der Waals surface area contributed by atoms with E-state index in [1.54, 1.807) is 0 Å². The van der Waals surface area contributed by atoms with Crippen LogP contribution < -0.4 is 9.47 Å². The zero-order valence-electron chi connectivity index (χ0n) is 20.1. The van der Waals surface area contributed by atoms with E-state index in [2.05, 4.69) is 0 Å². The fourth-order valence-corrected chi connectivity index (χ4v) is 3.45. The molecule has 0 saturated heterocycles. The molecule has 0 unspecified atom stereocenters. The molecule has 3 rings (SSSR count). The van der Waals surface area contributed by atoms with Crippen LogP contribution in [0.1, 0.15) is 71.4 Å². The molecule has 10 nitrogen and oxygen atoms in total. The number of carbonyl (C=O) groups excluding carboxylic acids is 2. The molecule has 3 aromatic rings. The van der Waals surface area contributed by atoms with Crippen LogP contribution in [0.25, 0.3) is 0 Å². The van der Waals surface area contributed by atoms with Gasteiger partial charge in [-0.25, -0.2) is 9.59 Å². The Balaban J connectivity index is 1.76. The number of esters is 2. The average Bonchev–Trinajstić information content (AvgIpc) is 2.83. The standard InChI is InChI=1S/C26H24N2O8/c1-15(2)21-13-19(27(31)32)9-11-23(21)35-25(29)17-5-7-18(8-6-17)26(30)36-24-12-10-20(28(33)34)14-22(24)16(3)4/h5-16H,1-4H3. The van der Waals surface area contributed by atoms with E-state index in [0.717, 1.165) is 0 Å². The number of rotatable bonds is 8. The van der Waals surface area contributed by atoms with Crippen molar-refractivity contribution in [2.75, 3.05) is 0 Å². The number of non-ortho nitro benzene ring substituents is 2. The topological polar surface area (TPSA) is 139 Å². The maximum Gasteiger partial charge on any atom is 0.343 e. The summed E-state index contributed by atoms with van der Waals surface area (Å²) in [5, 5.41) is 22.1. The number of nitro benzene ring substituents is 2. The van der Waals surface area contributed by atoms with Crippen molar-refractivity contribution in [2.24, 2.45) is 0 Å². The molecule has 0 fully saturated rings. The highest BCUT2D eigenvalue weighted by atomic mass is 16.6. The summed E-state index contributed by atoms with van der Waals surface area (Å²) >= 11 is 0. The highest BCUT2D eigenvalue weighted by Crippen LogP contribution is 2.32. The van der Waals surface area contributed by atoms with Gasteiger partial charge in [-0.05, 0) is 48.2 Å². The summed E-state index contributed by atoms with van der Waals surface area (Å²) in [6.07, 6.45) is 0. The van der Waals surface area contributed by atoms with Crippen LogP contribution in [0, 0.1) is 20.2 Å². The van der Waals surface area contributed by atoms with Gasteiger partial charge in [-0.1, -0.05) is 27.7 Å². The largest absolute Gasteiger partial charge is 0.423 e. The molecule has 0 atom stereocenters. The van der Waals surface area contributed by atoms with Gasteiger partial charge in [0.15, 0.2) is 0 Å². The second-order valence-electron chi connectivity index (χ2n) is 8.62. The second-order valence-corrected chi connectivity index (χ2v) is 8.62. The predicted octanol–water partition coefficient (Wildman–Crippen LogP) is 6.19. The Hall–Kier alpha value is -4.60. The number of hydrogen-bond acceptors (Lipinski definition) is 8. The average molecular weight is 492 g/mol. The number of hydrogen-bond donors (Lipinski definition) is 0. The zero-order valence-corrected chi connectivity index (χ0v) is 20.1. The smallest absolute Gasteiger partial charge is 0.343 e. The number of ether oxygens (including phenoxy) is 2. The minimum absolute atomic E-state index is 0.102. The Labute approximate surface area is 206 Å². The summed E-state index contributed by atoms with van der Waals surface area (Å²) in [7, 11) is 0. The molecule has 10 heteroatoms. The summed E-state index contributed by atoms with van der Waals surface area (Å²) in [4.78, 5) is 46.4. The molecule has 0 aromatic heterocycles. The van der Waals surface area contributed by atoms with Crippen LogP contribution in [-0.2, 0) is 0 Å². The van der Waals surface area contributed by atoms with Gasteiger partial charge in [0.2, 0.25) is 0 Å². The molecule has 0 heterocycles. The number of nitro groups is 2. The van der Waals surface area contributed by atoms with Crippen LogP contribution >= 0.6 is 0 Å². The van der Waals surface area contributed by atoms with Gasteiger partial charge in [0, 0.05) is 35.4 Å². The molecule has 0 aliphatic rings. The van der Waals surface area contributed by atoms with Crippen molar-refractivity contribution in [3.8, 4) is 11.5 Å². The maximum atomic E-state index is 12.7. The Bertz CT molecular complexity index is 1230. The van der Waals surface area contributed by atoms with Crippen LogP contribution in [0.2, 0.25) is 0 Å². The zero-order chi connectivity index (χ0) is 26.6. The summed E-state index contributed by atoms with van der Waals surface area (Å²) < 4.78 is 10.9. The number of carbonyl (C=O) groups is 2. The van der Waals surface area contributed by atoms with Crippen LogP contribution in [0.3, 0.4) is 0 Å². The third kappa shape index (κ3) is 5.90. The monoisotopic (exact) mass is 492 g/mol. The molecule has 0 spiro atoms. The molecule has 0 saturated carbocycles. The van der Waals surface area contributed by atoms with Crippen molar-refractivity contribution in [3.63, 3.8) is 0 Å². The first-order valence-corrected chi connectivity index (χ1v) is 11.1. The number of benzene rings is 3. The van der Waals surface area contributed by atoms with Crippen molar-refractivity contribution in [1.82, 2.24) is 0 Å². The molecule has 36 heavy (non-hydrogen) atoms. The van der Waals surface area contributed by atoms with E-state index in [-0.39, 0.29) is 45.8 Å². The Kier molecular flexibility index (Phi) is 7.78. The van der Waals surface area contributed by atoms with Crippen molar-refractivity contribution in [3.05, 3.63) is 103 Å². The summed E-state index contributed by atoms with van der Waals surface area (Å²) in [5.74, 6) is -1.21. The van der Waals surface area contributed by atoms with E-state index in [4.69, 9.17) is 9.47 Å². The maximum absolute atomic E-state index is 12.7. The number of nitrogens with zero attached hydrogens (tertiary/aromatic N) is 2. The Morgan fingerprint density at radius 2 is 0.972 bits per heavy atom. The van der Waals surface area contributed by atoms with Crippen LogP contribution in [0.5, 0.6) is 11.5 Å². The minimum atomic E-state index is -0.692. The molecule has 0 N–H and O–H groups in total. The summed E-state index contributed by atoms with van der Waals surface area (Å²) in [6, 6.07) is 13.6. The molecule has 0 aliphatic carbocycles. The third-order valence-electron chi connectivity index (χ3n) is 5.41. The lowest BCUT2D eigenvalue weighted by Gasteiger charge is -2.13. The highest BCUT2D eigenvalue weighted by molar-refractivity contribution is 5.95. The molecular weight excluding hydrogens is 468 g/mol. The lowest BCUT2D eigenvalue weighted by atomic mass is 10.0. The van der Waals surface area contributed by atoms with Gasteiger partial charge in [-0.3, -0.25) is 20.2 Å². The second kappa shape index (κ2) is 10.8. The molecule has 0 amide bonds. The molecule has 186 valence electrons. The molecule has 0 aliphatic heterocycles. The quantitative estimate of drug-likeness (QED) is 0.157. The van der Waals surface area contributed by atoms with Crippen molar-refractivity contribution < 1.29 is 28.9 Å². The highest BCUT2D eigenvalue weighted by Gasteiger charge is 2.20. The predicted molar refractivity (Wildman–Crippen MR) is 131 cm³/mol. The van der Waals surface area contributed by atoms with Crippen molar-refractivity contribution in [1.29, 1.82) is 0 Å². The summed E-state index contributed by atoms with van der Waals surface area (Å²) in [6.45, 7) is 7.30.